The fourth-order valence-corrected chi connectivity index (χ4v) is 0.750. The second-order valence-electron chi connectivity index (χ2n) is 1.90. The predicted molar refractivity (Wildman–Crippen MR) is 49.4 cm³/mol. The predicted octanol–water partition coefficient (Wildman–Crippen LogP) is 2.25. The summed E-state index contributed by atoms with van der Waals surface area (Å²) in [6, 6.07) is 3.89. The molecule has 0 aliphatic rings. The Kier molecular flexibility index (Phi) is 5.17. The summed E-state index contributed by atoms with van der Waals surface area (Å²) in [6.07, 6.45) is 2.66. The van der Waals surface area contributed by atoms with Gasteiger partial charge in [-0.3, -0.25) is 0 Å². The van der Waals surface area contributed by atoms with Crippen LogP contribution in [0.4, 0.5) is 5.82 Å². The van der Waals surface area contributed by atoms with E-state index in [-0.39, 0.29) is 0 Å². The van der Waals surface area contributed by atoms with Crippen molar-refractivity contribution in [3.05, 3.63) is 23.9 Å². The van der Waals surface area contributed by atoms with Crippen LogP contribution in [0, 0.1) is 0 Å². The van der Waals surface area contributed by atoms with Crippen molar-refractivity contribution in [1.82, 2.24) is 4.98 Å². The number of aromatic nitrogens is 1. The molecule has 0 amide bonds. The average Bonchev–Trinajstić information content (AvgIpc) is 2.09. The van der Waals surface area contributed by atoms with E-state index in [1.807, 2.05) is 26.0 Å². The van der Waals surface area contributed by atoms with Crippen LogP contribution in [0.5, 0.6) is 0 Å². The van der Waals surface area contributed by atoms with Crippen molar-refractivity contribution in [2.75, 3.05) is 5.73 Å². The van der Waals surface area contributed by atoms with Gasteiger partial charge in [0.1, 0.15) is 5.82 Å². The first-order valence-corrected chi connectivity index (χ1v) is 4.04. The normalized spacial score (nSPS) is 8.27. The third-order valence-corrected chi connectivity index (χ3v) is 1.31. The summed E-state index contributed by atoms with van der Waals surface area (Å²) in [5, 5.41) is 0. The second-order valence-corrected chi connectivity index (χ2v) is 1.90. The molecule has 0 saturated heterocycles. The maximum atomic E-state index is 5.52. The number of hydrogen-bond acceptors (Lipinski definition) is 2. The van der Waals surface area contributed by atoms with Gasteiger partial charge in [-0.25, -0.2) is 4.98 Å². The molecule has 11 heavy (non-hydrogen) atoms. The van der Waals surface area contributed by atoms with E-state index in [1.165, 1.54) is 0 Å². The minimum absolute atomic E-state index is 0.653. The molecule has 0 aliphatic heterocycles. The van der Waals surface area contributed by atoms with Crippen molar-refractivity contribution >= 4 is 5.82 Å². The van der Waals surface area contributed by atoms with E-state index in [4.69, 9.17) is 5.73 Å². The maximum absolute atomic E-state index is 5.52. The van der Waals surface area contributed by atoms with E-state index >= 15 is 0 Å². The largest absolute Gasteiger partial charge is 0.383 e. The monoisotopic (exact) mass is 152 g/mol. The molecular formula is C9H16N2. The number of nitrogens with two attached hydrogens (primary N) is 1. The molecule has 0 fully saturated rings. The fraction of sp³-hybridized carbons (Fsp3) is 0.444. The van der Waals surface area contributed by atoms with E-state index in [9.17, 15) is 0 Å². The lowest BCUT2D eigenvalue weighted by molar-refractivity contribution is 1.11. The van der Waals surface area contributed by atoms with Crippen molar-refractivity contribution in [1.29, 1.82) is 0 Å². The van der Waals surface area contributed by atoms with Gasteiger partial charge < -0.3 is 5.73 Å². The smallest absolute Gasteiger partial charge is 0.126 e. The molecule has 0 unspecified atom stereocenters. The molecule has 0 atom stereocenters. The van der Waals surface area contributed by atoms with E-state index in [1.54, 1.807) is 6.20 Å². The molecule has 0 spiro atoms. The molecular weight excluding hydrogens is 136 g/mol. The molecule has 1 aromatic heterocycles. The number of pyridine rings is 1. The zero-order valence-corrected chi connectivity index (χ0v) is 7.46. The first-order chi connectivity index (χ1) is 5.34. The lowest BCUT2D eigenvalue weighted by atomic mass is 10.2. The van der Waals surface area contributed by atoms with Gasteiger partial charge in [-0.15, -0.1) is 0 Å². The van der Waals surface area contributed by atoms with Crippen molar-refractivity contribution < 1.29 is 0 Å². The highest BCUT2D eigenvalue weighted by atomic mass is 14.8. The van der Waals surface area contributed by atoms with E-state index in [2.05, 4.69) is 11.9 Å². The summed E-state index contributed by atoms with van der Waals surface area (Å²) in [6.45, 7) is 6.06. The van der Waals surface area contributed by atoms with E-state index in [0.29, 0.717) is 5.82 Å². The number of nitrogens with zero attached hydrogens (tertiary/aromatic N) is 1. The standard InChI is InChI=1S/C7H10N2.C2H6/c1-2-6-4-3-5-9-7(6)8;1-2/h3-5H,2H2,1H3,(H2,8,9);1-2H3. The van der Waals surface area contributed by atoms with Gasteiger partial charge in [-0.1, -0.05) is 26.8 Å². The van der Waals surface area contributed by atoms with Crippen LogP contribution in [0.2, 0.25) is 0 Å². The Balaban J connectivity index is 0.000000461. The molecule has 2 nitrogen and oxygen atoms in total. The minimum atomic E-state index is 0.653. The number of nitrogen functional groups attached to an aromatic ring is 1. The van der Waals surface area contributed by atoms with Gasteiger partial charge >= 0.3 is 0 Å². The summed E-state index contributed by atoms with van der Waals surface area (Å²) >= 11 is 0. The summed E-state index contributed by atoms with van der Waals surface area (Å²) in [7, 11) is 0. The van der Waals surface area contributed by atoms with Crippen molar-refractivity contribution in [2.45, 2.75) is 27.2 Å². The van der Waals surface area contributed by atoms with Gasteiger partial charge in [0.05, 0.1) is 0 Å². The Morgan fingerprint density at radius 2 is 2.09 bits per heavy atom. The van der Waals surface area contributed by atoms with Crippen LogP contribution in [0.3, 0.4) is 0 Å². The van der Waals surface area contributed by atoms with Crippen molar-refractivity contribution in [2.24, 2.45) is 0 Å². The molecule has 0 saturated carbocycles. The summed E-state index contributed by atoms with van der Waals surface area (Å²) < 4.78 is 0. The molecule has 1 rings (SSSR count). The van der Waals surface area contributed by atoms with Gasteiger partial charge in [-0.2, -0.15) is 0 Å². The molecule has 0 aliphatic carbocycles. The first kappa shape index (κ1) is 9.95. The second kappa shape index (κ2) is 5.71. The zero-order valence-electron chi connectivity index (χ0n) is 7.46. The van der Waals surface area contributed by atoms with E-state index in [0.717, 1.165) is 12.0 Å². The number of aryl methyl sites for hydroxylation is 1. The molecule has 0 bridgehead atoms. The van der Waals surface area contributed by atoms with Crippen LogP contribution in [-0.4, -0.2) is 4.98 Å². The highest BCUT2D eigenvalue weighted by Crippen LogP contribution is 2.05. The van der Waals surface area contributed by atoms with E-state index < -0.39 is 0 Å². The number of anilines is 1. The van der Waals surface area contributed by atoms with Gasteiger partial charge in [0, 0.05) is 6.20 Å². The first-order valence-electron chi connectivity index (χ1n) is 4.04. The van der Waals surface area contributed by atoms with Crippen LogP contribution >= 0.6 is 0 Å². The Morgan fingerprint density at radius 3 is 2.45 bits per heavy atom. The highest BCUT2D eigenvalue weighted by Gasteiger charge is 1.91. The lowest BCUT2D eigenvalue weighted by Gasteiger charge is -1.97. The fourth-order valence-electron chi connectivity index (χ4n) is 0.750. The average molecular weight is 152 g/mol. The quantitative estimate of drug-likeness (QED) is 0.670. The van der Waals surface area contributed by atoms with Crippen molar-refractivity contribution in [3.63, 3.8) is 0 Å². The van der Waals surface area contributed by atoms with Gasteiger partial charge in [0.15, 0.2) is 0 Å². The summed E-state index contributed by atoms with van der Waals surface area (Å²) in [5.41, 5.74) is 6.64. The topological polar surface area (TPSA) is 38.9 Å². The van der Waals surface area contributed by atoms with Crippen LogP contribution in [0.25, 0.3) is 0 Å². The minimum Gasteiger partial charge on any atom is -0.383 e. The molecule has 2 N–H and O–H groups in total. The van der Waals surface area contributed by atoms with Gasteiger partial charge in [-0.05, 0) is 18.1 Å². The van der Waals surface area contributed by atoms with Crippen LogP contribution in [0.15, 0.2) is 18.3 Å². The third-order valence-electron chi connectivity index (χ3n) is 1.31. The molecule has 62 valence electrons. The Bertz CT molecular complexity index is 197. The lowest BCUT2D eigenvalue weighted by Crippen LogP contribution is -1.94. The van der Waals surface area contributed by atoms with Crippen LogP contribution in [-0.2, 0) is 6.42 Å². The Hall–Kier alpha value is -1.05. The molecule has 2 heteroatoms. The molecule has 1 heterocycles. The SMILES string of the molecule is CC.CCc1cccnc1N. The van der Waals surface area contributed by atoms with Crippen LogP contribution < -0.4 is 5.73 Å². The molecule has 1 aromatic rings. The third kappa shape index (κ3) is 3.03. The highest BCUT2D eigenvalue weighted by molar-refractivity contribution is 5.37. The Morgan fingerprint density at radius 1 is 1.45 bits per heavy atom. The summed E-state index contributed by atoms with van der Waals surface area (Å²) in [5.74, 6) is 0.653. The van der Waals surface area contributed by atoms with Gasteiger partial charge in [0.25, 0.3) is 0 Å². The number of hydrogen-bond donors (Lipinski definition) is 1. The molecule has 0 aromatic carbocycles. The zero-order chi connectivity index (χ0) is 8.69. The molecule has 0 radical (unpaired) electrons. The number of rotatable bonds is 1. The Labute approximate surface area is 68.5 Å². The van der Waals surface area contributed by atoms with Crippen LogP contribution in [0.1, 0.15) is 26.3 Å². The summed E-state index contributed by atoms with van der Waals surface area (Å²) in [4.78, 5) is 3.93. The van der Waals surface area contributed by atoms with Gasteiger partial charge in [0.2, 0.25) is 0 Å². The van der Waals surface area contributed by atoms with Crippen molar-refractivity contribution in [3.8, 4) is 0 Å². The maximum Gasteiger partial charge on any atom is 0.126 e.